The quantitative estimate of drug-likeness (QED) is 0.538. The van der Waals surface area contributed by atoms with E-state index in [2.05, 4.69) is 5.32 Å². The summed E-state index contributed by atoms with van der Waals surface area (Å²) < 4.78 is 9.75. The third-order valence-corrected chi connectivity index (χ3v) is 6.79. The molecule has 0 saturated heterocycles. The summed E-state index contributed by atoms with van der Waals surface area (Å²) in [7, 11) is 2.59. The van der Waals surface area contributed by atoms with E-state index in [-0.39, 0.29) is 17.2 Å². The molecule has 1 aliphatic rings. The van der Waals surface area contributed by atoms with E-state index in [1.54, 1.807) is 12.1 Å². The summed E-state index contributed by atoms with van der Waals surface area (Å²) >= 11 is 8.53. The van der Waals surface area contributed by atoms with Crippen LogP contribution < -0.4 is 5.32 Å². The van der Waals surface area contributed by atoms with Crippen LogP contribution in [0.15, 0.2) is 29.2 Å². The van der Waals surface area contributed by atoms with Crippen molar-refractivity contribution in [3.63, 3.8) is 0 Å². The minimum absolute atomic E-state index is 0.172. The first-order valence-corrected chi connectivity index (χ1v) is 10.6. The van der Waals surface area contributed by atoms with Gasteiger partial charge in [0.1, 0.15) is 5.00 Å². The summed E-state index contributed by atoms with van der Waals surface area (Å²) in [6.07, 6.45) is 1.23. The number of carbonyl (C=O) groups is 3. The number of esters is 2. The second-order valence-electron chi connectivity index (χ2n) is 6.04. The van der Waals surface area contributed by atoms with Crippen LogP contribution in [-0.4, -0.2) is 37.8 Å². The van der Waals surface area contributed by atoms with Gasteiger partial charge >= 0.3 is 11.9 Å². The molecule has 3 rings (SSSR count). The van der Waals surface area contributed by atoms with E-state index in [0.717, 1.165) is 9.77 Å². The number of nitrogens with one attached hydrogen (secondary N) is 1. The molecular weight excluding hydrogens is 422 g/mol. The summed E-state index contributed by atoms with van der Waals surface area (Å²) in [6.45, 7) is 0. The van der Waals surface area contributed by atoms with E-state index in [4.69, 9.17) is 21.1 Å². The molecule has 1 aliphatic carbocycles. The molecule has 1 unspecified atom stereocenters. The third-order valence-electron chi connectivity index (χ3n) is 4.34. The molecule has 9 heteroatoms. The van der Waals surface area contributed by atoms with E-state index < -0.39 is 17.9 Å². The molecular formula is C19H18ClNO5S2. The van der Waals surface area contributed by atoms with Crippen LogP contribution in [-0.2, 0) is 25.5 Å². The van der Waals surface area contributed by atoms with Gasteiger partial charge in [-0.2, -0.15) is 0 Å². The average Bonchev–Trinajstić information content (AvgIpc) is 3.25. The van der Waals surface area contributed by atoms with Gasteiger partial charge in [-0.05, 0) is 42.7 Å². The van der Waals surface area contributed by atoms with Gasteiger partial charge in [0, 0.05) is 14.8 Å². The zero-order valence-electron chi connectivity index (χ0n) is 15.2. The van der Waals surface area contributed by atoms with E-state index in [1.807, 2.05) is 12.1 Å². The maximum atomic E-state index is 12.4. The van der Waals surface area contributed by atoms with Gasteiger partial charge in [0.25, 0.3) is 0 Å². The number of amides is 1. The number of thioether (sulfide) groups is 1. The third kappa shape index (κ3) is 4.34. The van der Waals surface area contributed by atoms with Crippen LogP contribution in [0.1, 0.15) is 33.1 Å². The van der Waals surface area contributed by atoms with E-state index in [0.29, 0.717) is 28.4 Å². The lowest BCUT2D eigenvalue weighted by Crippen LogP contribution is -2.18. The molecule has 2 aromatic rings. The number of rotatable bonds is 6. The molecule has 1 amide bonds. The first-order valence-electron chi connectivity index (χ1n) is 8.44. The number of methoxy groups -OCH3 is 2. The van der Waals surface area contributed by atoms with Crippen molar-refractivity contribution < 1.29 is 23.9 Å². The Morgan fingerprint density at radius 2 is 1.93 bits per heavy atom. The van der Waals surface area contributed by atoms with Crippen molar-refractivity contribution in [2.24, 2.45) is 0 Å². The molecule has 0 aliphatic heterocycles. The topological polar surface area (TPSA) is 81.7 Å². The van der Waals surface area contributed by atoms with Crippen molar-refractivity contribution >= 4 is 57.5 Å². The highest BCUT2D eigenvalue weighted by Crippen LogP contribution is 2.45. The number of halogens is 1. The number of thiophene rings is 1. The van der Waals surface area contributed by atoms with Gasteiger partial charge in [0.15, 0.2) is 0 Å². The van der Waals surface area contributed by atoms with E-state index in [9.17, 15) is 14.4 Å². The zero-order chi connectivity index (χ0) is 20.3. The number of hydrogen-bond acceptors (Lipinski definition) is 7. The molecule has 28 heavy (non-hydrogen) atoms. The Morgan fingerprint density at radius 1 is 1.21 bits per heavy atom. The van der Waals surface area contributed by atoms with E-state index in [1.165, 1.54) is 37.3 Å². The lowest BCUT2D eigenvalue weighted by atomic mass is 9.99. The Morgan fingerprint density at radius 3 is 2.57 bits per heavy atom. The molecule has 0 spiro atoms. The van der Waals surface area contributed by atoms with Crippen molar-refractivity contribution in [2.75, 3.05) is 25.3 Å². The number of hydrogen-bond donors (Lipinski definition) is 1. The van der Waals surface area contributed by atoms with Gasteiger partial charge in [-0.25, -0.2) is 4.79 Å². The van der Waals surface area contributed by atoms with Gasteiger partial charge in [-0.15, -0.1) is 23.1 Å². The van der Waals surface area contributed by atoms with Crippen LogP contribution in [0.2, 0.25) is 5.02 Å². The fourth-order valence-corrected chi connectivity index (χ4v) is 5.18. The normalized spacial score (nSPS) is 15.0. The van der Waals surface area contributed by atoms with Crippen LogP contribution >= 0.6 is 34.7 Å². The SMILES string of the molecule is COC(=O)c1c(NC(=O)CSc2ccc(Cl)cc2)sc2c1C(C(=O)OC)CC2. The van der Waals surface area contributed by atoms with Gasteiger partial charge in [0.05, 0.1) is 31.5 Å². The molecule has 1 aromatic heterocycles. The Labute approximate surface area is 175 Å². The number of benzene rings is 1. The van der Waals surface area contributed by atoms with Crippen molar-refractivity contribution in [1.82, 2.24) is 0 Å². The van der Waals surface area contributed by atoms with Crippen LogP contribution in [0, 0.1) is 0 Å². The van der Waals surface area contributed by atoms with Crippen LogP contribution in [0.25, 0.3) is 0 Å². The number of anilines is 1. The number of carbonyl (C=O) groups excluding carboxylic acids is 3. The van der Waals surface area contributed by atoms with E-state index >= 15 is 0 Å². The zero-order valence-corrected chi connectivity index (χ0v) is 17.6. The molecule has 1 atom stereocenters. The molecule has 0 bridgehead atoms. The average molecular weight is 440 g/mol. The molecule has 0 fully saturated rings. The Balaban J connectivity index is 1.78. The first-order chi connectivity index (χ1) is 13.4. The van der Waals surface area contributed by atoms with Crippen LogP contribution in [0.4, 0.5) is 5.00 Å². The Kier molecular flexibility index (Phi) is 6.64. The van der Waals surface area contributed by atoms with Crippen molar-refractivity contribution in [1.29, 1.82) is 0 Å². The van der Waals surface area contributed by atoms with Gasteiger partial charge in [0.2, 0.25) is 5.91 Å². The first kappa shape index (κ1) is 20.7. The lowest BCUT2D eigenvalue weighted by Gasteiger charge is -2.11. The Hall–Kier alpha value is -2.03. The van der Waals surface area contributed by atoms with Crippen molar-refractivity contribution in [3.8, 4) is 0 Å². The van der Waals surface area contributed by atoms with Crippen molar-refractivity contribution in [2.45, 2.75) is 23.7 Å². The summed E-state index contributed by atoms with van der Waals surface area (Å²) in [5.41, 5.74) is 0.865. The van der Waals surface area contributed by atoms with Gasteiger partial charge < -0.3 is 14.8 Å². The second kappa shape index (κ2) is 8.98. The monoisotopic (exact) mass is 439 g/mol. The molecule has 0 radical (unpaired) electrons. The number of fused-ring (bicyclic) bond motifs is 1. The molecule has 1 aromatic carbocycles. The van der Waals surface area contributed by atoms with Gasteiger partial charge in [-0.1, -0.05) is 11.6 Å². The fourth-order valence-electron chi connectivity index (χ4n) is 3.08. The largest absolute Gasteiger partial charge is 0.469 e. The smallest absolute Gasteiger partial charge is 0.341 e. The molecule has 0 saturated carbocycles. The fraction of sp³-hybridized carbons (Fsp3) is 0.316. The standard InChI is InChI=1S/C19H18ClNO5S2/c1-25-18(23)12-7-8-13-15(12)16(19(24)26-2)17(28-13)21-14(22)9-27-11-5-3-10(20)4-6-11/h3-6,12H,7-9H2,1-2H3,(H,21,22). The highest BCUT2D eigenvalue weighted by molar-refractivity contribution is 8.00. The summed E-state index contributed by atoms with van der Waals surface area (Å²) in [6, 6.07) is 7.18. The van der Waals surface area contributed by atoms with Crippen LogP contribution in [0.5, 0.6) is 0 Å². The summed E-state index contributed by atoms with van der Waals surface area (Å²) in [5.74, 6) is -1.56. The summed E-state index contributed by atoms with van der Waals surface area (Å²) in [5, 5.41) is 3.83. The highest BCUT2D eigenvalue weighted by Gasteiger charge is 2.38. The molecule has 6 nitrogen and oxygen atoms in total. The van der Waals surface area contributed by atoms with Gasteiger partial charge in [-0.3, -0.25) is 9.59 Å². The minimum atomic E-state index is -0.575. The number of ether oxygens (including phenoxy) is 2. The second-order valence-corrected chi connectivity index (χ2v) is 8.63. The van der Waals surface area contributed by atoms with Crippen LogP contribution in [0.3, 0.4) is 0 Å². The van der Waals surface area contributed by atoms with Crippen molar-refractivity contribution in [3.05, 3.63) is 45.3 Å². The molecule has 1 N–H and O–H groups in total. The maximum Gasteiger partial charge on any atom is 0.341 e. The minimum Gasteiger partial charge on any atom is -0.469 e. The number of aryl methyl sites for hydroxylation is 1. The molecule has 1 heterocycles. The Bertz CT molecular complexity index is 910. The maximum absolute atomic E-state index is 12.4. The predicted molar refractivity (Wildman–Crippen MR) is 110 cm³/mol. The predicted octanol–water partition coefficient (Wildman–Crippen LogP) is 4.12. The summed E-state index contributed by atoms with van der Waals surface area (Å²) in [4.78, 5) is 38.7. The highest BCUT2D eigenvalue weighted by atomic mass is 35.5. The molecule has 148 valence electrons. The lowest BCUT2D eigenvalue weighted by molar-refractivity contribution is -0.142.